The summed E-state index contributed by atoms with van der Waals surface area (Å²) in [7, 11) is 0. The van der Waals surface area contributed by atoms with Crippen LogP contribution in [-0.4, -0.2) is 18.8 Å². The summed E-state index contributed by atoms with van der Waals surface area (Å²) >= 11 is 0. The first-order chi connectivity index (χ1) is 6.66. The van der Waals surface area contributed by atoms with Gasteiger partial charge in [-0.3, -0.25) is 0 Å². The molecule has 0 saturated carbocycles. The molecule has 0 fully saturated rings. The Morgan fingerprint density at radius 1 is 1.07 bits per heavy atom. The molecule has 2 nitrogen and oxygen atoms in total. The lowest BCUT2D eigenvalue weighted by molar-refractivity contribution is 0.0665. The van der Waals surface area contributed by atoms with Crippen LogP contribution in [0, 0.1) is 0 Å². The zero-order valence-corrected chi connectivity index (χ0v) is 10.1. The lowest BCUT2D eigenvalue weighted by Gasteiger charge is -2.13. The average Bonchev–Trinajstić information content (AvgIpc) is 2.14. The minimum atomic E-state index is 0.235. The summed E-state index contributed by atoms with van der Waals surface area (Å²) < 4.78 is 5.46. The number of hydrogen-bond acceptors (Lipinski definition) is 2. The van der Waals surface area contributed by atoms with Gasteiger partial charge >= 0.3 is 0 Å². The molecular formula is C12H27NO. The maximum absolute atomic E-state index is 5.91. The van der Waals surface area contributed by atoms with Crippen LogP contribution < -0.4 is 5.73 Å². The molecule has 86 valence electrons. The van der Waals surface area contributed by atoms with E-state index in [0.29, 0.717) is 12.7 Å². The van der Waals surface area contributed by atoms with Gasteiger partial charge in [0.25, 0.3) is 0 Å². The van der Waals surface area contributed by atoms with E-state index in [2.05, 4.69) is 6.92 Å². The molecule has 0 aliphatic rings. The van der Waals surface area contributed by atoms with Gasteiger partial charge in [0.1, 0.15) is 0 Å². The van der Waals surface area contributed by atoms with Crippen LogP contribution in [0.1, 0.15) is 59.3 Å². The maximum atomic E-state index is 5.91. The van der Waals surface area contributed by atoms with E-state index >= 15 is 0 Å². The molecular weight excluding hydrogens is 174 g/mol. The van der Waals surface area contributed by atoms with Crippen LogP contribution in [0.5, 0.6) is 0 Å². The quantitative estimate of drug-likeness (QED) is 0.582. The van der Waals surface area contributed by atoms with Crippen molar-refractivity contribution in [1.29, 1.82) is 0 Å². The van der Waals surface area contributed by atoms with Crippen molar-refractivity contribution >= 4 is 0 Å². The molecule has 0 rings (SSSR count). The van der Waals surface area contributed by atoms with Crippen molar-refractivity contribution in [3.8, 4) is 0 Å². The summed E-state index contributed by atoms with van der Waals surface area (Å²) in [5.41, 5.74) is 5.91. The molecule has 0 heterocycles. The van der Waals surface area contributed by atoms with E-state index in [-0.39, 0.29) is 6.04 Å². The van der Waals surface area contributed by atoms with Gasteiger partial charge in [0.15, 0.2) is 0 Å². The Hall–Kier alpha value is -0.0800. The van der Waals surface area contributed by atoms with Crippen molar-refractivity contribution in [3.63, 3.8) is 0 Å². The lowest BCUT2D eigenvalue weighted by atomic mass is 10.1. The Morgan fingerprint density at radius 3 is 2.29 bits per heavy atom. The van der Waals surface area contributed by atoms with E-state index in [1.165, 1.54) is 32.1 Å². The minimum absolute atomic E-state index is 0.235. The van der Waals surface area contributed by atoms with E-state index in [1.54, 1.807) is 0 Å². The number of nitrogens with two attached hydrogens (primary N) is 1. The zero-order chi connectivity index (χ0) is 10.8. The number of unbranched alkanes of at least 4 members (excludes halogenated alkanes) is 4. The van der Waals surface area contributed by atoms with Gasteiger partial charge < -0.3 is 10.5 Å². The normalized spacial score (nSPS) is 13.5. The Labute approximate surface area is 89.2 Å². The Balaban J connectivity index is 3.14. The maximum Gasteiger partial charge on any atom is 0.0620 e. The van der Waals surface area contributed by atoms with Gasteiger partial charge in [-0.15, -0.1) is 0 Å². The van der Waals surface area contributed by atoms with Gasteiger partial charge in [-0.2, -0.15) is 0 Å². The third-order valence-electron chi connectivity index (χ3n) is 2.32. The van der Waals surface area contributed by atoms with Crippen molar-refractivity contribution in [2.24, 2.45) is 5.73 Å². The largest absolute Gasteiger partial charge is 0.377 e. The first kappa shape index (κ1) is 13.9. The monoisotopic (exact) mass is 201 g/mol. The fraction of sp³-hybridized carbons (Fsp3) is 1.00. The van der Waals surface area contributed by atoms with Crippen molar-refractivity contribution in [1.82, 2.24) is 0 Å². The first-order valence-corrected chi connectivity index (χ1v) is 6.04. The van der Waals surface area contributed by atoms with Gasteiger partial charge in [-0.1, -0.05) is 39.0 Å². The number of hydrogen-bond donors (Lipinski definition) is 1. The van der Waals surface area contributed by atoms with Gasteiger partial charge in [-0.25, -0.2) is 0 Å². The summed E-state index contributed by atoms with van der Waals surface area (Å²) in [6, 6.07) is 0.235. The molecule has 0 bridgehead atoms. The van der Waals surface area contributed by atoms with Gasteiger partial charge in [0.05, 0.1) is 12.7 Å². The highest BCUT2D eigenvalue weighted by Crippen LogP contribution is 2.06. The highest BCUT2D eigenvalue weighted by molar-refractivity contribution is 4.60. The Kier molecular flexibility index (Phi) is 9.42. The molecule has 0 radical (unpaired) electrons. The molecule has 1 atom stereocenters. The second-order valence-corrected chi connectivity index (χ2v) is 4.35. The topological polar surface area (TPSA) is 35.2 Å². The third-order valence-corrected chi connectivity index (χ3v) is 2.32. The summed E-state index contributed by atoms with van der Waals surface area (Å²) in [6.45, 7) is 7.05. The summed E-state index contributed by atoms with van der Waals surface area (Å²) in [5.74, 6) is 0. The smallest absolute Gasteiger partial charge is 0.0620 e. The minimum Gasteiger partial charge on any atom is -0.377 e. The van der Waals surface area contributed by atoms with E-state index in [9.17, 15) is 0 Å². The molecule has 0 aliphatic heterocycles. The fourth-order valence-electron chi connectivity index (χ4n) is 1.41. The van der Waals surface area contributed by atoms with Gasteiger partial charge in [0, 0.05) is 6.04 Å². The van der Waals surface area contributed by atoms with Gasteiger partial charge in [-0.05, 0) is 20.3 Å². The highest BCUT2D eigenvalue weighted by atomic mass is 16.5. The predicted octanol–water partition coefficient (Wildman–Crippen LogP) is 3.10. The second-order valence-electron chi connectivity index (χ2n) is 4.35. The van der Waals surface area contributed by atoms with Crippen LogP contribution in [0.2, 0.25) is 0 Å². The molecule has 0 amide bonds. The van der Waals surface area contributed by atoms with Crippen molar-refractivity contribution in [2.75, 3.05) is 6.61 Å². The molecule has 0 aliphatic carbocycles. The SMILES string of the molecule is CCCCCCCC(N)COC(C)C. The predicted molar refractivity (Wildman–Crippen MR) is 62.4 cm³/mol. The summed E-state index contributed by atoms with van der Waals surface area (Å²) in [5, 5.41) is 0. The molecule has 1 unspecified atom stereocenters. The highest BCUT2D eigenvalue weighted by Gasteiger charge is 2.03. The number of rotatable bonds is 9. The van der Waals surface area contributed by atoms with Crippen LogP contribution >= 0.6 is 0 Å². The van der Waals surface area contributed by atoms with Crippen LogP contribution in [0.15, 0.2) is 0 Å². The molecule has 0 saturated heterocycles. The summed E-state index contributed by atoms with van der Waals surface area (Å²) in [6.07, 6.45) is 8.01. The lowest BCUT2D eigenvalue weighted by Crippen LogP contribution is -2.27. The summed E-state index contributed by atoms with van der Waals surface area (Å²) in [4.78, 5) is 0. The second kappa shape index (κ2) is 9.47. The average molecular weight is 201 g/mol. The van der Waals surface area contributed by atoms with Crippen molar-refractivity contribution in [2.45, 2.75) is 71.4 Å². The Morgan fingerprint density at radius 2 is 1.71 bits per heavy atom. The van der Waals surface area contributed by atoms with Crippen molar-refractivity contribution < 1.29 is 4.74 Å². The Bertz CT molecular complexity index is 115. The number of ether oxygens (including phenoxy) is 1. The van der Waals surface area contributed by atoms with E-state index in [0.717, 1.165) is 6.42 Å². The van der Waals surface area contributed by atoms with Crippen LogP contribution in [0.3, 0.4) is 0 Å². The standard InChI is InChI=1S/C12H27NO/c1-4-5-6-7-8-9-12(13)10-14-11(2)3/h11-12H,4-10,13H2,1-3H3. The molecule has 0 aromatic carbocycles. The molecule has 0 aromatic rings. The first-order valence-electron chi connectivity index (χ1n) is 6.04. The van der Waals surface area contributed by atoms with Crippen LogP contribution in [0.4, 0.5) is 0 Å². The van der Waals surface area contributed by atoms with E-state index < -0.39 is 0 Å². The molecule has 0 spiro atoms. The molecule has 0 aromatic heterocycles. The van der Waals surface area contributed by atoms with Crippen molar-refractivity contribution in [3.05, 3.63) is 0 Å². The van der Waals surface area contributed by atoms with E-state index in [1.807, 2.05) is 13.8 Å². The molecule has 14 heavy (non-hydrogen) atoms. The van der Waals surface area contributed by atoms with E-state index in [4.69, 9.17) is 10.5 Å². The zero-order valence-electron chi connectivity index (χ0n) is 10.1. The van der Waals surface area contributed by atoms with Crippen LogP contribution in [-0.2, 0) is 4.74 Å². The van der Waals surface area contributed by atoms with Gasteiger partial charge in [0.2, 0.25) is 0 Å². The third kappa shape index (κ3) is 10.0. The molecule has 2 heteroatoms. The fourth-order valence-corrected chi connectivity index (χ4v) is 1.41. The molecule has 2 N–H and O–H groups in total. The van der Waals surface area contributed by atoms with Crippen LogP contribution in [0.25, 0.3) is 0 Å².